The number of nitrogens with zero attached hydrogens (tertiary/aromatic N) is 1. The Labute approximate surface area is 88.7 Å². The Morgan fingerprint density at radius 1 is 1.46 bits per heavy atom. The fourth-order valence-corrected chi connectivity index (χ4v) is 2.92. The van der Waals surface area contributed by atoms with Gasteiger partial charge in [0.1, 0.15) is 10.9 Å². The number of halogens is 1. The highest BCUT2D eigenvalue weighted by Gasteiger charge is 2.08. The molecule has 0 aliphatic heterocycles. The van der Waals surface area contributed by atoms with Crippen LogP contribution in [0, 0.1) is 18.3 Å². The molecule has 0 unspecified atom stereocenters. The summed E-state index contributed by atoms with van der Waals surface area (Å²) in [7, 11) is 0. The van der Waals surface area contributed by atoms with Crippen molar-refractivity contribution in [3.05, 3.63) is 33.1 Å². The summed E-state index contributed by atoms with van der Waals surface area (Å²) in [6.07, 6.45) is 0. The summed E-state index contributed by atoms with van der Waals surface area (Å²) in [5, 5.41) is 9.96. The number of fused-ring (bicyclic) bond motifs is 1. The highest BCUT2D eigenvalue weighted by Crippen LogP contribution is 2.35. The van der Waals surface area contributed by atoms with E-state index in [0.717, 1.165) is 19.4 Å². The molecule has 0 radical (unpaired) electrons. The highest BCUT2D eigenvalue weighted by molar-refractivity contribution is 9.10. The molecule has 0 spiro atoms. The van der Waals surface area contributed by atoms with Crippen molar-refractivity contribution in [3.63, 3.8) is 0 Å². The van der Waals surface area contributed by atoms with Crippen LogP contribution in [-0.4, -0.2) is 0 Å². The van der Waals surface area contributed by atoms with Gasteiger partial charge in [-0.15, -0.1) is 11.3 Å². The molecule has 0 aliphatic rings. The minimum absolute atomic E-state index is 0.751. The summed E-state index contributed by atoms with van der Waals surface area (Å²) in [6, 6.07) is 8.39. The van der Waals surface area contributed by atoms with Gasteiger partial charge in [0.05, 0.1) is 4.47 Å². The molecule has 1 aromatic heterocycles. The van der Waals surface area contributed by atoms with E-state index < -0.39 is 0 Å². The molecule has 1 aromatic carbocycles. The van der Waals surface area contributed by atoms with Crippen molar-refractivity contribution in [1.82, 2.24) is 0 Å². The zero-order valence-corrected chi connectivity index (χ0v) is 9.37. The standard InChI is InChI=1S/C10H6BrNS/c1-6-2-3-8-7(4-6)10(11)9(5-12)13-8/h2-4H,1H3. The van der Waals surface area contributed by atoms with E-state index in [2.05, 4.69) is 47.1 Å². The Morgan fingerprint density at radius 3 is 2.92 bits per heavy atom. The van der Waals surface area contributed by atoms with Gasteiger partial charge in [0.2, 0.25) is 0 Å². The van der Waals surface area contributed by atoms with Crippen molar-refractivity contribution in [2.45, 2.75) is 6.92 Å². The molecular formula is C10H6BrNS. The summed E-state index contributed by atoms with van der Waals surface area (Å²) in [5.41, 5.74) is 1.22. The summed E-state index contributed by atoms with van der Waals surface area (Å²) in [4.78, 5) is 0.751. The Hall–Kier alpha value is -0.850. The third-order valence-electron chi connectivity index (χ3n) is 1.88. The lowest BCUT2D eigenvalue weighted by Crippen LogP contribution is -1.70. The van der Waals surface area contributed by atoms with Gasteiger partial charge in [-0.1, -0.05) is 11.6 Å². The zero-order chi connectivity index (χ0) is 9.42. The minimum Gasteiger partial charge on any atom is -0.191 e. The van der Waals surface area contributed by atoms with Crippen LogP contribution in [0.5, 0.6) is 0 Å². The van der Waals surface area contributed by atoms with E-state index in [-0.39, 0.29) is 0 Å². The molecule has 0 aliphatic carbocycles. The molecule has 0 fully saturated rings. The molecule has 2 aromatic rings. The van der Waals surface area contributed by atoms with Gasteiger partial charge < -0.3 is 0 Å². The monoisotopic (exact) mass is 251 g/mol. The summed E-state index contributed by atoms with van der Waals surface area (Å²) in [6.45, 7) is 2.05. The first-order valence-corrected chi connectivity index (χ1v) is 5.42. The lowest BCUT2D eigenvalue weighted by atomic mass is 10.2. The minimum atomic E-state index is 0.751. The Balaban J connectivity index is 2.87. The number of rotatable bonds is 0. The second-order valence-corrected chi connectivity index (χ2v) is 4.70. The molecular weight excluding hydrogens is 246 g/mol. The van der Waals surface area contributed by atoms with Crippen molar-refractivity contribution in [3.8, 4) is 6.07 Å². The number of benzene rings is 1. The predicted molar refractivity (Wildman–Crippen MR) is 59.0 cm³/mol. The van der Waals surface area contributed by atoms with E-state index in [4.69, 9.17) is 5.26 Å². The van der Waals surface area contributed by atoms with E-state index in [1.165, 1.54) is 16.9 Å². The number of nitriles is 1. The quantitative estimate of drug-likeness (QED) is 0.698. The van der Waals surface area contributed by atoms with Crippen molar-refractivity contribution in [1.29, 1.82) is 5.26 Å². The zero-order valence-electron chi connectivity index (χ0n) is 6.97. The number of hydrogen-bond acceptors (Lipinski definition) is 2. The number of thiophene rings is 1. The summed E-state index contributed by atoms with van der Waals surface area (Å²) < 4.78 is 2.09. The maximum atomic E-state index is 8.82. The number of hydrogen-bond donors (Lipinski definition) is 0. The second-order valence-electron chi connectivity index (χ2n) is 2.86. The van der Waals surface area contributed by atoms with E-state index in [1.54, 1.807) is 0 Å². The van der Waals surface area contributed by atoms with Crippen LogP contribution in [0.15, 0.2) is 22.7 Å². The topological polar surface area (TPSA) is 23.8 Å². The first-order chi connectivity index (χ1) is 6.22. The SMILES string of the molecule is Cc1ccc2sc(C#N)c(Br)c2c1. The third kappa shape index (κ3) is 1.37. The van der Waals surface area contributed by atoms with Crippen LogP contribution in [0.2, 0.25) is 0 Å². The van der Waals surface area contributed by atoms with Gasteiger partial charge in [-0.3, -0.25) is 0 Å². The average molecular weight is 252 g/mol. The van der Waals surface area contributed by atoms with Crippen LogP contribution in [0.25, 0.3) is 10.1 Å². The molecule has 0 saturated carbocycles. The lowest BCUT2D eigenvalue weighted by Gasteiger charge is -1.92. The van der Waals surface area contributed by atoms with Crippen molar-refractivity contribution in [2.24, 2.45) is 0 Å². The molecule has 1 nitrogen and oxygen atoms in total. The van der Waals surface area contributed by atoms with Crippen molar-refractivity contribution < 1.29 is 0 Å². The van der Waals surface area contributed by atoms with E-state index in [9.17, 15) is 0 Å². The molecule has 64 valence electrons. The number of aryl methyl sites for hydroxylation is 1. The van der Waals surface area contributed by atoms with Crippen LogP contribution in [0.1, 0.15) is 10.4 Å². The molecule has 2 rings (SSSR count). The van der Waals surface area contributed by atoms with Gasteiger partial charge in [-0.05, 0) is 35.0 Å². The molecule has 0 bridgehead atoms. The fourth-order valence-electron chi connectivity index (χ4n) is 1.25. The van der Waals surface area contributed by atoms with Gasteiger partial charge in [-0.2, -0.15) is 5.26 Å². The van der Waals surface area contributed by atoms with Crippen LogP contribution in [0.4, 0.5) is 0 Å². The Morgan fingerprint density at radius 2 is 2.23 bits per heavy atom. The lowest BCUT2D eigenvalue weighted by molar-refractivity contribution is 1.50. The van der Waals surface area contributed by atoms with Crippen LogP contribution in [-0.2, 0) is 0 Å². The Kier molecular flexibility index (Phi) is 2.10. The largest absolute Gasteiger partial charge is 0.191 e. The van der Waals surface area contributed by atoms with E-state index in [0.29, 0.717) is 0 Å². The molecule has 0 N–H and O–H groups in total. The second kappa shape index (κ2) is 3.13. The van der Waals surface area contributed by atoms with Gasteiger partial charge >= 0.3 is 0 Å². The van der Waals surface area contributed by atoms with Crippen LogP contribution in [0.3, 0.4) is 0 Å². The molecule has 0 saturated heterocycles. The first kappa shape index (κ1) is 8.74. The maximum Gasteiger partial charge on any atom is 0.120 e. The van der Waals surface area contributed by atoms with Crippen LogP contribution >= 0.6 is 27.3 Å². The third-order valence-corrected chi connectivity index (χ3v) is 4.05. The van der Waals surface area contributed by atoms with E-state index >= 15 is 0 Å². The van der Waals surface area contributed by atoms with Crippen LogP contribution < -0.4 is 0 Å². The molecule has 1 heterocycles. The fraction of sp³-hybridized carbons (Fsp3) is 0.100. The van der Waals surface area contributed by atoms with Crippen molar-refractivity contribution in [2.75, 3.05) is 0 Å². The van der Waals surface area contributed by atoms with Gasteiger partial charge in [0.15, 0.2) is 0 Å². The summed E-state index contributed by atoms with van der Waals surface area (Å²) in [5.74, 6) is 0. The average Bonchev–Trinajstić information content (AvgIpc) is 2.44. The normalized spacial score (nSPS) is 10.2. The smallest absolute Gasteiger partial charge is 0.120 e. The van der Waals surface area contributed by atoms with Crippen molar-refractivity contribution >= 4 is 37.4 Å². The molecule has 3 heteroatoms. The molecule has 0 atom stereocenters. The maximum absolute atomic E-state index is 8.82. The van der Waals surface area contributed by atoms with Gasteiger partial charge in [-0.25, -0.2) is 0 Å². The summed E-state index contributed by atoms with van der Waals surface area (Å²) >= 11 is 4.96. The van der Waals surface area contributed by atoms with E-state index in [1.807, 2.05) is 0 Å². The molecule has 13 heavy (non-hydrogen) atoms. The highest BCUT2D eigenvalue weighted by atomic mass is 79.9. The predicted octanol–water partition coefficient (Wildman–Crippen LogP) is 3.84. The molecule has 0 amide bonds. The van der Waals surface area contributed by atoms with Gasteiger partial charge in [0.25, 0.3) is 0 Å². The van der Waals surface area contributed by atoms with Gasteiger partial charge in [0, 0.05) is 10.1 Å². The Bertz CT molecular complexity index is 507. The first-order valence-electron chi connectivity index (χ1n) is 3.81.